The summed E-state index contributed by atoms with van der Waals surface area (Å²) in [7, 11) is 1.71. The molecule has 0 radical (unpaired) electrons. The Balaban J connectivity index is 2.21. The third-order valence-electron chi connectivity index (χ3n) is 2.53. The molecule has 1 unspecified atom stereocenters. The summed E-state index contributed by atoms with van der Waals surface area (Å²) in [5.41, 5.74) is 2.34. The highest BCUT2D eigenvalue weighted by atomic mass is 16.5. The molecule has 0 saturated carbocycles. The molecule has 0 amide bonds. The molecule has 2 heterocycles. The lowest BCUT2D eigenvalue weighted by atomic mass is 10.2. The van der Waals surface area contributed by atoms with Gasteiger partial charge in [-0.05, 0) is 6.92 Å². The van der Waals surface area contributed by atoms with Crippen LogP contribution in [0, 0.1) is 0 Å². The van der Waals surface area contributed by atoms with Crippen molar-refractivity contribution in [1.29, 1.82) is 0 Å². The molecule has 0 aliphatic carbocycles. The molecule has 5 nitrogen and oxygen atoms in total. The first-order valence-electron chi connectivity index (χ1n) is 4.95. The van der Waals surface area contributed by atoms with Crippen LogP contribution in [0.25, 0.3) is 0 Å². The maximum Gasteiger partial charge on any atom is 0.0885 e. The Hall–Kier alpha value is -0.940. The molecule has 0 fully saturated rings. The first-order valence-corrected chi connectivity index (χ1v) is 4.95. The topological polar surface area (TPSA) is 52.0 Å². The quantitative estimate of drug-likeness (QED) is 0.746. The van der Waals surface area contributed by atoms with E-state index < -0.39 is 0 Å². The number of nitrogens with zero attached hydrogens (tertiary/aromatic N) is 3. The molecular weight excluding hydrogens is 180 g/mol. The average molecular weight is 196 g/mol. The van der Waals surface area contributed by atoms with Gasteiger partial charge in [0.05, 0.1) is 24.0 Å². The summed E-state index contributed by atoms with van der Waals surface area (Å²) in [6, 6.07) is 0.260. The second-order valence-electron chi connectivity index (χ2n) is 3.66. The van der Waals surface area contributed by atoms with E-state index in [9.17, 15) is 0 Å². The van der Waals surface area contributed by atoms with E-state index in [1.807, 2.05) is 4.68 Å². The van der Waals surface area contributed by atoms with E-state index in [0.29, 0.717) is 6.61 Å². The standard InChI is InChI=1S/C9H16N4O/c1-7(6-14-2)13-9-5-10-4-3-8(9)11-12-13/h7,10H,3-6H2,1-2H3. The van der Waals surface area contributed by atoms with E-state index in [0.717, 1.165) is 25.2 Å². The van der Waals surface area contributed by atoms with Crippen LogP contribution < -0.4 is 5.32 Å². The second kappa shape index (κ2) is 4.06. The Morgan fingerprint density at radius 2 is 2.50 bits per heavy atom. The number of rotatable bonds is 3. The van der Waals surface area contributed by atoms with E-state index in [-0.39, 0.29) is 6.04 Å². The molecule has 1 atom stereocenters. The summed E-state index contributed by atoms with van der Waals surface area (Å²) < 4.78 is 7.07. The van der Waals surface area contributed by atoms with Crippen molar-refractivity contribution >= 4 is 0 Å². The van der Waals surface area contributed by atoms with E-state index in [4.69, 9.17) is 4.74 Å². The minimum Gasteiger partial charge on any atom is -0.382 e. The number of nitrogens with one attached hydrogen (secondary N) is 1. The maximum atomic E-state index is 5.11. The highest BCUT2D eigenvalue weighted by Crippen LogP contribution is 2.15. The van der Waals surface area contributed by atoms with Crippen molar-refractivity contribution in [1.82, 2.24) is 20.3 Å². The number of fused-ring (bicyclic) bond motifs is 1. The Bertz CT molecular complexity index is 310. The highest BCUT2D eigenvalue weighted by Gasteiger charge is 2.19. The van der Waals surface area contributed by atoms with Gasteiger partial charge in [0, 0.05) is 26.6 Å². The van der Waals surface area contributed by atoms with E-state index >= 15 is 0 Å². The molecular formula is C9H16N4O. The number of aromatic nitrogens is 3. The van der Waals surface area contributed by atoms with Crippen LogP contribution in [-0.2, 0) is 17.7 Å². The van der Waals surface area contributed by atoms with Gasteiger partial charge < -0.3 is 10.1 Å². The first-order chi connectivity index (χ1) is 6.83. The van der Waals surface area contributed by atoms with Gasteiger partial charge in [-0.2, -0.15) is 0 Å². The molecule has 1 aromatic rings. The Morgan fingerprint density at radius 3 is 3.29 bits per heavy atom. The summed E-state index contributed by atoms with van der Waals surface area (Å²) in [5, 5.41) is 11.7. The lowest BCUT2D eigenvalue weighted by Gasteiger charge is -2.17. The lowest BCUT2D eigenvalue weighted by molar-refractivity contribution is 0.154. The average Bonchev–Trinajstić information content (AvgIpc) is 2.61. The van der Waals surface area contributed by atoms with Gasteiger partial charge in [-0.3, -0.25) is 0 Å². The van der Waals surface area contributed by atoms with Crippen LogP contribution in [0.3, 0.4) is 0 Å². The van der Waals surface area contributed by atoms with E-state index in [1.54, 1.807) is 7.11 Å². The van der Waals surface area contributed by atoms with Crippen LogP contribution in [0.2, 0.25) is 0 Å². The Kier molecular flexibility index (Phi) is 2.79. The zero-order valence-electron chi connectivity index (χ0n) is 8.66. The molecule has 1 aromatic heterocycles. The molecule has 78 valence electrons. The Morgan fingerprint density at radius 1 is 1.64 bits per heavy atom. The summed E-state index contributed by atoms with van der Waals surface area (Å²) in [6.45, 7) is 4.64. The van der Waals surface area contributed by atoms with Crippen LogP contribution in [0.5, 0.6) is 0 Å². The number of hydrogen-bond acceptors (Lipinski definition) is 4. The number of methoxy groups -OCH3 is 1. The van der Waals surface area contributed by atoms with Crippen molar-refractivity contribution in [2.24, 2.45) is 0 Å². The van der Waals surface area contributed by atoms with Gasteiger partial charge in [0.15, 0.2) is 0 Å². The lowest BCUT2D eigenvalue weighted by Crippen LogP contribution is -2.27. The summed E-state index contributed by atoms with van der Waals surface area (Å²) in [5.74, 6) is 0. The third-order valence-corrected chi connectivity index (χ3v) is 2.53. The zero-order chi connectivity index (χ0) is 9.97. The molecule has 0 bridgehead atoms. The van der Waals surface area contributed by atoms with E-state index in [1.165, 1.54) is 5.69 Å². The molecule has 14 heavy (non-hydrogen) atoms. The van der Waals surface area contributed by atoms with Crippen LogP contribution in [-0.4, -0.2) is 35.3 Å². The fraction of sp³-hybridized carbons (Fsp3) is 0.778. The van der Waals surface area contributed by atoms with Gasteiger partial charge in [-0.15, -0.1) is 5.10 Å². The highest BCUT2D eigenvalue weighted by molar-refractivity contribution is 5.13. The molecule has 1 aliphatic heterocycles. The van der Waals surface area contributed by atoms with Crippen LogP contribution in [0.15, 0.2) is 0 Å². The summed E-state index contributed by atoms with van der Waals surface area (Å²) >= 11 is 0. The van der Waals surface area contributed by atoms with Crippen molar-refractivity contribution in [2.75, 3.05) is 20.3 Å². The predicted octanol–water partition coefficient (Wildman–Crippen LogP) is 0.131. The number of ether oxygens (including phenoxy) is 1. The van der Waals surface area contributed by atoms with Crippen LogP contribution in [0.4, 0.5) is 0 Å². The van der Waals surface area contributed by atoms with E-state index in [2.05, 4.69) is 22.6 Å². The van der Waals surface area contributed by atoms with Gasteiger partial charge in [0.25, 0.3) is 0 Å². The minimum atomic E-state index is 0.260. The SMILES string of the molecule is COCC(C)n1nnc2c1CNCC2. The summed E-state index contributed by atoms with van der Waals surface area (Å²) in [6.07, 6.45) is 0.981. The normalized spacial score (nSPS) is 17.9. The fourth-order valence-corrected chi connectivity index (χ4v) is 1.80. The van der Waals surface area contributed by atoms with Crippen molar-refractivity contribution < 1.29 is 4.74 Å². The molecule has 0 aromatic carbocycles. The van der Waals surface area contributed by atoms with Crippen molar-refractivity contribution in [2.45, 2.75) is 25.9 Å². The van der Waals surface area contributed by atoms with Crippen LogP contribution in [0.1, 0.15) is 24.4 Å². The molecule has 1 N–H and O–H groups in total. The molecule has 2 rings (SSSR count). The van der Waals surface area contributed by atoms with Gasteiger partial charge >= 0.3 is 0 Å². The van der Waals surface area contributed by atoms with Gasteiger partial charge in [-0.25, -0.2) is 4.68 Å². The molecule has 0 spiro atoms. The maximum absolute atomic E-state index is 5.11. The van der Waals surface area contributed by atoms with Gasteiger partial charge in [-0.1, -0.05) is 5.21 Å². The number of hydrogen-bond donors (Lipinski definition) is 1. The third kappa shape index (κ3) is 1.65. The largest absolute Gasteiger partial charge is 0.382 e. The minimum absolute atomic E-state index is 0.260. The fourth-order valence-electron chi connectivity index (χ4n) is 1.80. The van der Waals surface area contributed by atoms with Gasteiger partial charge in [0.1, 0.15) is 0 Å². The Labute approximate surface area is 83.4 Å². The zero-order valence-corrected chi connectivity index (χ0v) is 8.66. The smallest absolute Gasteiger partial charge is 0.0885 e. The first kappa shape index (κ1) is 9.61. The van der Waals surface area contributed by atoms with Crippen molar-refractivity contribution in [3.8, 4) is 0 Å². The van der Waals surface area contributed by atoms with Crippen LogP contribution >= 0.6 is 0 Å². The monoisotopic (exact) mass is 196 g/mol. The second-order valence-corrected chi connectivity index (χ2v) is 3.66. The van der Waals surface area contributed by atoms with Crippen molar-refractivity contribution in [3.05, 3.63) is 11.4 Å². The summed E-state index contributed by atoms with van der Waals surface area (Å²) in [4.78, 5) is 0. The van der Waals surface area contributed by atoms with Crippen molar-refractivity contribution in [3.63, 3.8) is 0 Å². The predicted molar refractivity (Wildman–Crippen MR) is 52.0 cm³/mol. The molecule has 1 aliphatic rings. The van der Waals surface area contributed by atoms with Gasteiger partial charge in [0.2, 0.25) is 0 Å². The molecule has 0 saturated heterocycles. The molecule has 5 heteroatoms.